The Labute approximate surface area is 104 Å². The van der Waals surface area contributed by atoms with Gasteiger partial charge in [-0.15, -0.1) is 0 Å². The number of thioether (sulfide) groups is 1. The molecule has 0 saturated carbocycles. The third-order valence-electron chi connectivity index (χ3n) is 2.24. The van der Waals surface area contributed by atoms with Gasteiger partial charge in [-0.1, -0.05) is 23.9 Å². The summed E-state index contributed by atoms with van der Waals surface area (Å²) in [7, 11) is 0. The molecule has 1 N–H and O–H groups in total. The summed E-state index contributed by atoms with van der Waals surface area (Å²) >= 11 is 1.56. The summed E-state index contributed by atoms with van der Waals surface area (Å²) < 4.78 is 5.42. The van der Waals surface area contributed by atoms with E-state index in [2.05, 4.69) is 10.3 Å². The highest BCUT2D eigenvalue weighted by atomic mass is 32.2. The number of hydrogen-bond donors (Lipinski definition) is 1. The Kier molecular flexibility index (Phi) is 4.03. The molecular weight excluding hydrogens is 236 g/mol. The Hall–Kier alpha value is -1.49. The molecule has 5 heteroatoms. The van der Waals surface area contributed by atoms with Gasteiger partial charge in [0, 0.05) is 5.75 Å². The highest BCUT2D eigenvalue weighted by Crippen LogP contribution is 2.18. The van der Waals surface area contributed by atoms with Crippen molar-refractivity contribution in [2.45, 2.75) is 6.92 Å². The van der Waals surface area contributed by atoms with Crippen molar-refractivity contribution in [3.63, 3.8) is 0 Å². The molecule has 0 unspecified atom stereocenters. The molecule has 4 nitrogen and oxygen atoms in total. The van der Waals surface area contributed by atoms with Crippen LogP contribution in [0.5, 0.6) is 5.75 Å². The Bertz CT molecular complexity index is 446. The van der Waals surface area contributed by atoms with E-state index in [0.29, 0.717) is 23.1 Å². The van der Waals surface area contributed by atoms with E-state index in [-0.39, 0.29) is 5.91 Å². The van der Waals surface area contributed by atoms with E-state index >= 15 is 0 Å². The number of hydrogen-bond acceptors (Lipinski definition) is 4. The van der Waals surface area contributed by atoms with Crippen molar-refractivity contribution in [2.24, 2.45) is 4.99 Å². The second-order valence-corrected chi connectivity index (χ2v) is 4.50. The molecule has 1 amide bonds. The summed E-state index contributed by atoms with van der Waals surface area (Å²) in [6, 6.07) is 7.22. The van der Waals surface area contributed by atoms with Crippen LogP contribution in [0.4, 0.5) is 0 Å². The number of carbonyl (C=O) groups excluding carboxylic acids is 1. The lowest BCUT2D eigenvalue weighted by Gasteiger charge is -2.09. The Morgan fingerprint density at radius 1 is 1.53 bits per heavy atom. The molecule has 1 aliphatic heterocycles. The van der Waals surface area contributed by atoms with Gasteiger partial charge in [-0.3, -0.25) is 9.79 Å². The average molecular weight is 250 g/mol. The summed E-state index contributed by atoms with van der Waals surface area (Å²) in [4.78, 5) is 16.2. The van der Waals surface area contributed by atoms with Crippen LogP contribution in [0.25, 0.3) is 0 Å². The first-order valence-electron chi connectivity index (χ1n) is 5.51. The van der Waals surface area contributed by atoms with E-state index < -0.39 is 0 Å². The number of rotatable bonds is 3. The highest BCUT2D eigenvalue weighted by molar-refractivity contribution is 8.14. The average Bonchev–Trinajstić information content (AvgIpc) is 2.83. The molecule has 1 aromatic carbocycles. The third kappa shape index (κ3) is 3.00. The smallest absolute Gasteiger partial charge is 0.260 e. The van der Waals surface area contributed by atoms with Crippen LogP contribution in [0.3, 0.4) is 0 Å². The first kappa shape index (κ1) is 12.0. The number of para-hydroxylation sites is 1. The van der Waals surface area contributed by atoms with Gasteiger partial charge in [0.25, 0.3) is 5.91 Å². The van der Waals surface area contributed by atoms with Crippen LogP contribution in [0, 0.1) is 0 Å². The van der Waals surface area contributed by atoms with Crippen LogP contribution < -0.4 is 10.1 Å². The van der Waals surface area contributed by atoms with Crippen LogP contribution in [0.1, 0.15) is 17.3 Å². The van der Waals surface area contributed by atoms with Gasteiger partial charge in [-0.25, -0.2) is 0 Å². The van der Waals surface area contributed by atoms with Gasteiger partial charge in [-0.05, 0) is 19.1 Å². The summed E-state index contributed by atoms with van der Waals surface area (Å²) in [5.74, 6) is 1.38. The number of nitrogens with one attached hydrogen (secondary N) is 1. The van der Waals surface area contributed by atoms with Gasteiger partial charge < -0.3 is 10.1 Å². The molecule has 0 bridgehead atoms. The number of ether oxygens (including phenoxy) is 1. The molecule has 0 aromatic heterocycles. The van der Waals surface area contributed by atoms with E-state index in [0.717, 1.165) is 12.3 Å². The third-order valence-corrected chi connectivity index (χ3v) is 3.13. The number of amides is 1. The van der Waals surface area contributed by atoms with Crippen molar-refractivity contribution in [2.75, 3.05) is 18.9 Å². The Morgan fingerprint density at radius 2 is 2.35 bits per heavy atom. The van der Waals surface area contributed by atoms with Crippen molar-refractivity contribution in [1.29, 1.82) is 0 Å². The van der Waals surface area contributed by atoms with E-state index in [4.69, 9.17) is 4.74 Å². The first-order chi connectivity index (χ1) is 8.31. The summed E-state index contributed by atoms with van der Waals surface area (Å²) in [6.07, 6.45) is 0. The summed E-state index contributed by atoms with van der Waals surface area (Å²) in [5.41, 5.74) is 0.546. The van der Waals surface area contributed by atoms with Crippen molar-refractivity contribution >= 4 is 22.8 Å². The maximum absolute atomic E-state index is 12.0. The lowest BCUT2D eigenvalue weighted by atomic mass is 10.2. The number of nitrogens with zero attached hydrogens (tertiary/aromatic N) is 1. The molecule has 0 aliphatic carbocycles. The fourth-order valence-electron chi connectivity index (χ4n) is 1.51. The maximum atomic E-state index is 12.0. The van der Waals surface area contributed by atoms with Crippen LogP contribution in [-0.4, -0.2) is 30.0 Å². The minimum Gasteiger partial charge on any atom is -0.493 e. The molecule has 2 rings (SSSR count). The normalized spacial score (nSPS) is 14.3. The van der Waals surface area contributed by atoms with Crippen LogP contribution in [0.15, 0.2) is 29.3 Å². The topological polar surface area (TPSA) is 50.7 Å². The monoisotopic (exact) mass is 250 g/mol. The quantitative estimate of drug-likeness (QED) is 0.891. The predicted octanol–water partition coefficient (Wildman–Crippen LogP) is 1.92. The molecule has 1 aliphatic rings. The van der Waals surface area contributed by atoms with Crippen molar-refractivity contribution < 1.29 is 9.53 Å². The Balaban J connectivity index is 2.12. The molecule has 0 saturated heterocycles. The Morgan fingerprint density at radius 3 is 3.06 bits per heavy atom. The van der Waals surface area contributed by atoms with Gasteiger partial charge in [0.15, 0.2) is 5.17 Å². The first-order valence-corrected chi connectivity index (χ1v) is 6.50. The maximum Gasteiger partial charge on any atom is 0.260 e. The second-order valence-electron chi connectivity index (χ2n) is 3.42. The van der Waals surface area contributed by atoms with Crippen LogP contribution in [0.2, 0.25) is 0 Å². The molecule has 0 spiro atoms. The van der Waals surface area contributed by atoms with Gasteiger partial charge >= 0.3 is 0 Å². The number of aliphatic imine (C=N–C) groups is 1. The molecule has 90 valence electrons. The summed E-state index contributed by atoms with van der Waals surface area (Å²) in [5, 5.41) is 3.48. The number of carbonyl (C=O) groups is 1. The second kappa shape index (κ2) is 5.72. The zero-order valence-corrected chi connectivity index (χ0v) is 10.4. The SMILES string of the molecule is CCOc1ccccc1C(=O)NC1=NCCS1. The van der Waals surface area contributed by atoms with Crippen LogP contribution >= 0.6 is 11.8 Å². The van der Waals surface area contributed by atoms with Crippen LogP contribution in [-0.2, 0) is 0 Å². The zero-order valence-electron chi connectivity index (χ0n) is 9.60. The minimum atomic E-state index is -0.165. The van der Waals surface area contributed by atoms with E-state index in [1.807, 2.05) is 19.1 Å². The van der Waals surface area contributed by atoms with E-state index in [9.17, 15) is 4.79 Å². The fraction of sp³-hybridized carbons (Fsp3) is 0.333. The molecule has 1 aromatic rings. The fourth-order valence-corrected chi connectivity index (χ4v) is 2.23. The summed E-state index contributed by atoms with van der Waals surface area (Å²) in [6.45, 7) is 3.21. The molecule has 0 fully saturated rings. The van der Waals surface area contributed by atoms with Crippen molar-refractivity contribution in [3.05, 3.63) is 29.8 Å². The lowest BCUT2D eigenvalue weighted by molar-refractivity contribution is 0.0974. The largest absolute Gasteiger partial charge is 0.493 e. The highest BCUT2D eigenvalue weighted by Gasteiger charge is 2.15. The van der Waals surface area contributed by atoms with E-state index in [1.165, 1.54) is 0 Å². The molecular formula is C12H14N2O2S. The van der Waals surface area contributed by atoms with Crippen molar-refractivity contribution in [1.82, 2.24) is 5.32 Å². The molecule has 0 radical (unpaired) electrons. The zero-order chi connectivity index (χ0) is 12.1. The molecule has 1 heterocycles. The van der Waals surface area contributed by atoms with Gasteiger partial charge in [-0.2, -0.15) is 0 Å². The standard InChI is InChI=1S/C12H14N2O2S/c1-2-16-10-6-4-3-5-9(10)11(15)14-12-13-7-8-17-12/h3-6H,2,7-8H2,1H3,(H,13,14,15). The lowest BCUT2D eigenvalue weighted by Crippen LogP contribution is -2.27. The van der Waals surface area contributed by atoms with E-state index in [1.54, 1.807) is 23.9 Å². The number of amidine groups is 1. The number of benzene rings is 1. The molecule has 0 atom stereocenters. The van der Waals surface area contributed by atoms with Crippen molar-refractivity contribution in [3.8, 4) is 5.75 Å². The van der Waals surface area contributed by atoms with Gasteiger partial charge in [0.05, 0.1) is 18.7 Å². The predicted molar refractivity (Wildman–Crippen MR) is 69.8 cm³/mol. The minimum absolute atomic E-state index is 0.165. The van der Waals surface area contributed by atoms with Gasteiger partial charge in [0.2, 0.25) is 0 Å². The molecule has 17 heavy (non-hydrogen) atoms. The van der Waals surface area contributed by atoms with Gasteiger partial charge in [0.1, 0.15) is 5.75 Å².